The Bertz CT molecular complexity index is 533. The van der Waals surface area contributed by atoms with Crippen LogP contribution in [-0.4, -0.2) is 24.2 Å². The highest BCUT2D eigenvalue weighted by Gasteiger charge is 2.15. The molecule has 6 heteroatoms. The first kappa shape index (κ1) is 15.3. The lowest BCUT2D eigenvalue weighted by Gasteiger charge is -2.22. The first-order chi connectivity index (χ1) is 10.2. The van der Waals surface area contributed by atoms with E-state index in [1.54, 1.807) is 0 Å². The van der Waals surface area contributed by atoms with Crippen LogP contribution in [0.25, 0.3) is 0 Å². The molecule has 2 rings (SSSR count). The smallest absolute Gasteiger partial charge is 0.292 e. The fourth-order valence-electron chi connectivity index (χ4n) is 2.55. The van der Waals surface area contributed by atoms with Crippen molar-refractivity contribution in [1.29, 1.82) is 5.26 Å². The summed E-state index contributed by atoms with van der Waals surface area (Å²) in [5, 5.41) is 22.8. The molecule has 1 aliphatic rings. The van der Waals surface area contributed by atoms with Crippen molar-refractivity contribution < 1.29 is 9.66 Å². The van der Waals surface area contributed by atoms with Gasteiger partial charge in [0.2, 0.25) is 0 Å². The molecule has 1 aromatic carbocycles. The number of nitrogens with zero attached hydrogens (tertiary/aromatic N) is 2. The second kappa shape index (κ2) is 7.60. The maximum atomic E-state index is 11.0. The summed E-state index contributed by atoms with van der Waals surface area (Å²) in [5.41, 5.74) is 0.745. The molecule has 0 heterocycles. The predicted molar refractivity (Wildman–Crippen MR) is 79.1 cm³/mol. The molecule has 1 saturated carbocycles. The SMILES string of the molecule is N#Cc1ccc([N+](=O)[O-])c(NCCOC2CCCCC2)c1. The quantitative estimate of drug-likeness (QED) is 0.493. The minimum atomic E-state index is -0.453. The Morgan fingerprint density at radius 2 is 2.14 bits per heavy atom. The van der Waals surface area contributed by atoms with Crippen molar-refractivity contribution in [3.05, 3.63) is 33.9 Å². The van der Waals surface area contributed by atoms with Crippen molar-refractivity contribution in [3.8, 4) is 6.07 Å². The van der Waals surface area contributed by atoms with Gasteiger partial charge in [-0.15, -0.1) is 0 Å². The van der Waals surface area contributed by atoms with E-state index in [1.807, 2.05) is 6.07 Å². The van der Waals surface area contributed by atoms with Crippen LogP contribution in [0.15, 0.2) is 18.2 Å². The van der Waals surface area contributed by atoms with Crippen LogP contribution in [0.5, 0.6) is 0 Å². The first-order valence-corrected chi connectivity index (χ1v) is 7.24. The van der Waals surface area contributed by atoms with Gasteiger partial charge in [0.15, 0.2) is 0 Å². The third-order valence-electron chi connectivity index (χ3n) is 3.65. The van der Waals surface area contributed by atoms with Gasteiger partial charge in [-0.2, -0.15) is 5.26 Å². The van der Waals surface area contributed by atoms with Gasteiger partial charge in [-0.25, -0.2) is 0 Å². The molecule has 1 N–H and O–H groups in total. The van der Waals surface area contributed by atoms with Crippen molar-refractivity contribution in [2.75, 3.05) is 18.5 Å². The summed E-state index contributed by atoms with van der Waals surface area (Å²) >= 11 is 0. The number of ether oxygens (including phenoxy) is 1. The molecule has 0 aliphatic heterocycles. The Balaban J connectivity index is 1.86. The van der Waals surface area contributed by atoms with E-state index in [0.29, 0.717) is 30.5 Å². The predicted octanol–water partition coefficient (Wildman–Crippen LogP) is 3.23. The van der Waals surface area contributed by atoms with E-state index in [0.717, 1.165) is 12.8 Å². The van der Waals surface area contributed by atoms with Gasteiger partial charge in [0.05, 0.1) is 29.3 Å². The van der Waals surface area contributed by atoms with E-state index >= 15 is 0 Å². The first-order valence-electron chi connectivity index (χ1n) is 7.24. The minimum Gasteiger partial charge on any atom is -0.377 e. The van der Waals surface area contributed by atoms with Gasteiger partial charge in [-0.1, -0.05) is 19.3 Å². The number of nitro groups is 1. The van der Waals surface area contributed by atoms with Crippen LogP contribution in [0.4, 0.5) is 11.4 Å². The van der Waals surface area contributed by atoms with Crippen molar-refractivity contribution in [2.24, 2.45) is 0 Å². The van der Waals surface area contributed by atoms with Gasteiger partial charge < -0.3 is 10.1 Å². The standard InChI is InChI=1S/C15H19N3O3/c16-11-12-6-7-15(18(19)20)14(10-12)17-8-9-21-13-4-2-1-3-5-13/h6-7,10,13,17H,1-5,8-9H2. The average molecular weight is 289 g/mol. The average Bonchev–Trinajstić information content (AvgIpc) is 2.52. The number of nitrogens with one attached hydrogen (secondary N) is 1. The third-order valence-corrected chi connectivity index (χ3v) is 3.65. The molecule has 0 unspecified atom stereocenters. The normalized spacial score (nSPS) is 15.4. The second-order valence-electron chi connectivity index (χ2n) is 5.16. The summed E-state index contributed by atoms with van der Waals surface area (Å²) in [7, 11) is 0. The summed E-state index contributed by atoms with van der Waals surface area (Å²) in [4.78, 5) is 10.5. The van der Waals surface area contributed by atoms with Gasteiger partial charge in [-0.3, -0.25) is 10.1 Å². The summed E-state index contributed by atoms with van der Waals surface area (Å²) in [6, 6.07) is 6.28. The Morgan fingerprint density at radius 3 is 2.81 bits per heavy atom. The zero-order chi connectivity index (χ0) is 15.1. The van der Waals surface area contributed by atoms with Gasteiger partial charge in [-0.05, 0) is 25.0 Å². The molecule has 0 radical (unpaired) electrons. The highest BCUT2D eigenvalue weighted by molar-refractivity contribution is 5.64. The summed E-state index contributed by atoms with van der Waals surface area (Å²) < 4.78 is 5.76. The molecule has 1 fully saturated rings. The Morgan fingerprint density at radius 1 is 1.38 bits per heavy atom. The number of nitriles is 1. The summed E-state index contributed by atoms with van der Waals surface area (Å²) in [5.74, 6) is 0. The molecule has 0 bridgehead atoms. The molecule has 1 aromatic rings. The number of benzene rings is 1. The Hall–Kier alpha value is -2.13. The van der Waals surface area contributed by atoms with E-state index in [4.69, 9.17) is 10.00 Å². The zero-order valence-corrected chi connectivity index (χ0v) is 11.9. The molecule has 21 heavy (non-hydrogen) atoms. The molecule has 0 saturated heterocycles. The molecular formula is C15H19N3O3. The largest absolute Gasteiger partial charge is 0.377 e. The molecule has 1 aliphatic carbocycles. The van der Waals surface area contributed by atoms with Gasteiger partial charge in [0, 0.05) is 12.6 Å². The maximum absolute atomic E-state index is 11.0. The lowest BCUT2D eigenvalue weighted by Crippen LogP contribution is -2.20. The fourth-order valence-corrected chi connectivity index (χ4v) is 2.55. The number of rotatable bonds is 6. The van der Waals surface area contributed by atoms with Crippen molar-refractivity contribution in [3.63, 3.8) is 0 Å². The Kier molecular flexibility index (Phi) is 5.52. The highest BCUT2D eigenvalue weighted by atomic mass is 16.6. The lowest BCUT2D eigenvalue weighted by atomic mass is 9.98. The molecular weight excluding hydrogens is 270 g/mol. The van der Waals surface area contributed by atoms with E-state index in [-0.39, 0.29) is 5.69 Å². The van der Waals surface area contributed by atoms with Crippen LogP contribution < -0.4 is 5.32 Å². The fraction of sp³-hybridized carbons (Fsp3) is 0.533. The van der Waals surface area contributed by atoms with Gasteiger partial charge in [0.1, 0.15) is 5.69 Å². The monoisotopic (exact) mass is 289 g/mol. The molecule has 6 nitrogen and oxygen atoms in total. The van der Waals surface area contributed by atoms with Crippen LogP contribution >= 0.6 is 0 Å². The third kappa shape index (κ3) is 4.43. The number of nitro benzene ring substituents is 1. The molecule has 0 atom stereocenters. The van der Waals surface area contributed by atoms with Crippen LogP contribution in [0.1, 0.15) is 37.7 Å². The van der Waals surface area contributed by atoms with Crippen molar-refractivity contribution >= 4 is 11.4 Å². The molecule has 0 aromatic heterocycles. The van der Waals surface area contributed by atoms with Crippen LogP contribution in [-0.2, 0) is 4.74 Å². The molecule has 0 amide bonds. The minimum absolute atomic E-state index is 0.0216. The van der Waals surface area contributed by atoms with E-state index < -0.39 is 4.92 Å². The number of hydrogen-bond acceptors (Lipinski definition) is 5. The zero-order valence-electron chi connectivity index (χ0n) is 11.9. The topological polar surface area (TPSA) is 88.2 Å². The lowest BCUT2D eigenvalue weighted by molar-refractivity contribution is -0.384. The van der Waals surface area contributed by atoms with Crippen LogP contribution in [0.2, 0.25) is 0 Å². The maximum Gasteiger partial charge on any atom is 0.292 e. The van der Waals surface area contributed by atoms with E-state index in [9.17, 15) is 10.1 Å². The van der Waals surface area contributed by atoms with Gasteiger partial charge >= 0.3 is 0 Å². The molecule has 112 valence electrons. The second-order valence-corrected chi connectivity index (χ2v) is 5.16. The van der Waals surface area contributed by atoms with Gasteiger partial charge in [0.25, 0.3) is 5.69 Å². The van der Waals surface area contributed by atoms with E-state index in [2.05, 4.69) is 5.32 Å². The molecule has 0 spiro atoms. The number of hydrogen-bond donors (Lipinski definition) is 1. The van der Waals surface area contributed by atoms with Crippen LogP contribution in [0.3, 0.4) is 0 Å². The number of anilines is 1. The summed E-state index contributed by atoms with van der Waals surface area (Å²) in [6.07, 6.45) is 6.24. The Labute approximate surface area is 123 Å². The van der Waals surface area contributed by atoms with Crippen molar-refractivity contribution in [1.82, 2.24) is 0 Å². The van der Waals surface area contributed by atoms with E-state index in [1.165, 1.54) is 37.5 Å². The van der Waals surface area contributed by atoms with Crippen LogP contribution in [0, 0.1) is 21.4 Å². The summed E-state index contributed by atoms with van der Waals surface area (Å²) in [6.45, 7) is 1.00. The van der Waals surface area contributed by atoms with Crippen molar-refractivity contribution in [2.45, 2.75) is 38.2 Å². The highest BCUT2D eigenvalue weighted by Crippen LogP contribution is 2.25.